The molecule has 5 heteroatoms. The third-order valence-electron chi connectivity index (χ3n) is 3.90. The van der Waals surface area contributed by atoms with Gasteiger partial charge in [0.1, 0.15) is 0 Å². The van der Waals surface area contributed by atoms with Gasteiger partial charge in [0.2, 0.25) is 10.0 Å². The fourth-order valence-corrected chi connectivity index (χ4v) is 4.31. The van der Waals surface area contributed by atoms with Gasteiger partial charge in [0.15, 0.2) is 0 Å². The largest absolute Gasteiger partial charge is 0.392 e. The summed E-state index contributed by atoms with van der Waals surface area (Å²) in [6.45, 7) is 1.63. The van der Waals surface area contributed by atoms with Crippen LogP contribution in [0.15, 0.2) is 23.1 Å². The normalized spacial score (nSPS) is 17.9. The quantitative estimate of drug-likeness (QED) is 0.839. The summed E-state index contributed by atoms with van der Waals surface area (Å²) >= 11 is 0. The Morgan fingerprint density at radius 2 is 1.85 bits per heavy atom. The van der Waals surface area contributed by atoms with Crippen molar-refractivity contribution in [3.63, 3.8) is 0 Å². The molecule has 20 heavy (non-hydrogen) atoms. The van der Waals surface area contributed by atoms with E-state index in [4.69, 9.17) is 5.11 Å². The maximum atomic E-state index is 12.5. The lowest BCUT2D eigenvalue weighted by atomic mass is 10.1. The zero-order chi connectivity index (χ0) is 14.6. The van der Waals surface area contributed by atoms with Crippen LogP contribution in [0, 0.1) is 6.92 Å². The molecule has 0 saturated heterocycles. The minimum Gasteiger partial charge on any atom is -0.392 e. The molecule has 0 bridgehead atoms. The van der Waals surface area contributed by atoms with Gasteiger partial charge in [-0.15, -0.1) is 0 Å². The number of aryl methyl sites for hydroxylation is 1. The summed E-state index contributed by atoms with van der Waals surface area (Å²) in [6.07, 6.45) is 6.39. The average Bonchev–Trinajstić information content (AvgIpc) is 2.67. The molecule has 0 radical (unpaired) electrons. The highest BCUT2D eigenvalue weighted by Gasteiger charge is 2.22. The third-order valence-corrected chi connectivity index (χ3v) is 5.56. The summed E-state index contributed by atoms with van der Waals surface area (Å²) in [5.74, 6) is 0. The molecule has 0 heterocycles. The van der Waals surface area contributed by atoms with Gasteiger partial charge in [-0.2, -0.15) is 0 Å². The van der Waals surface area contributed by atoms with E-state index >= 15 is 0 Å². The zero-order valence-corrected chi connectivity index (χ0v) is 12.7. The molecule has 0 spiro atoms. The van der Waals surface area contributed by atoms with E-state index in [2.05, 4.69) is 4.72 Å². The van der Waals surface area contributed by atoms with Crippen LogP contribution in [-0.4, -0.2) is 19.6 Å². The Hall–Kier alpha value is -0.910. The van der Waals surface area contributed by atoms with Gasteiger partial charge in [-0.25, -0.2) is 13.1 Å². The van der Waals surface area contributed by atoms with Crippen LogP contribution in [0.5, 0.6) is 0 Å². The number of aliphatic hydroxyl groups excluding tert-OH is 1. The molecule has 1 fully saturated rings. The molecule has 1 aliphatic carbocycles. The van der Waals surface area contributed by atoms with Crippen molar-refractivity contribution in [2.75, 3.05) is 0 Å². The fourth-order valence-electron chi connectivity index (χ4n) is 2.71. The van der Waals surface area contributed by atoms with Crippen LogP contribution in [-0.2, 0) is 16.6 Å². The second-order valence-electron chi connectivity index (χ2n) is 5.57. The number of benzene rings is 1. The van der Waals surface area contributed by atoms with Crippen LogP contribution in [0.3, 0.4) is 0 Å². The van der Waals surface area contributed by atoms with Gasteiger partial charge in [-0.3, -0.25) is 0 Å². The Balaban J connectivity index is 2.21. The van der Waals surface area contributed by atoms with Gasteiger partial charge in [0.05, 0.1) is 11.5 Å². The minimum atomic E-state index is -3.50. The predicted molar refractivity (Wildman–Crippen MR) is 78.9 cm³/mol. The molecule has 112 valence electrons. The van der Waals surface area contributed by atoms with E-state index in [9.17, 15) is 8.42 Å². The summed E-state index contributed by atoms with van der Waals surface area (Å²) in [5.41, 5.74) is 1.33. The van der Waals surface area contributed by atoms with Crippen LogP contribution < -0.4 is 4.72 Å². The third kappa shape index (κ3) is 3.81. The van der Waals surface area contributed by atoms with Crippen LogP contribution in [0.2, 0.25) is 0 Å². The second kappa shape index (κ2) is 6.70. The summed E-state index contributed by atoms with van der Waals surface area (Å²) in [6, 6.07) is 5.10. The van der Waals surface area contributed by atoms with Gasteiger partial charge in [-0.1, -0.05) is 37.8 Å². The molecule has 1 aliphatic rings. The average molecular weight is 297 g/mol. The van der Waals surface area contributed by atoms with E-state index in [-0.39, 0.29) is 17.5 Å². The van der Waals surface area contributed by atoms with Crippen LogP contribution in [0.1, 0.15) is 49.7 Å². The Morgan fingerprint density at radius 1 is 1.20 bits per heavy atom. The van der Waals surface area contributed by atoms with Crippen LogP contribution in [0.4, 0.5) is 0 Å². The van der Waals surface area contributed by atoms with E-state index < -0.39 is 10.0 Å². The lowest BCUT2D eigenvalue weighted by Gasteiger charge is -2.17. The van der Waals surface area contributed by atoms with Crippen molar-refractivity contribution in [3.8, 4) is 0 Å². The molecular formula is C15H23NO3S. The Morgan fingerprint density at radius 3 is 2.45 bits per heavy atom. The number of rotatable bonds is 4. The standard InChI is InChI=1S/C15H23NO3S/c1-12-8-9-13(11-17)10-15(12)20(18,19)16-14-6-4-2-3-5-7-14/h8-10,14,16-17H,2-7,11H2,1H3. The first kappa shape index (κ1) is 15.5. The lowest BCUT2D eigenvalue weighted by molar-refractivity contribution is 0.281. The molecule has 1 saturated carbocycles. The number of aliphatic hydroxyl groups is 1. The zero-order valence-electron chi connectivity index (χ0n) is 11.9. The van der Waals surface area contributed by atoms with E-state index in [1.807, 2.05) is 0 Å². The van der Waals surface area contributed by atoms with Gasteiger partial charge in [0, 0.05) is 6.04 Å². The SMILES string of the molecule is Cc1ccc(CO)cc1S(=O)(=O)NC1CCCCCC1. The van der Waals surface area contributed by atoms with Crippen molar-refractivity contribution in [2.45, 2.75) is 63.0 Å². The van der Waals surface area contributed by atoms with E-state index in [1.54, 1.807) is 25.1 Å². The van der Waals surface area contributed by atoms with Gasteiger partial charge >= 0.3 is 0 Å². The molecule has 0 aliphatic heterocycles. The Bertz CT molecular complexity index is 546. The lowest BCUT2D eigenvalue weighted by Crippen LogP contribution is -2.34. The van der Waals surface area contributed by atoms with Crippen LogP contribution >= 0.6 is 0 Å². The molecule has 2 N–H and O–H groups in total. The highest BCUT2D eigenvalue weighted by molar-refractivity contribution is 7.89. The molecule has 0 aromatic heterocycles. The van der Waals surface area contributed by atoms with Crippen molar-refractivity contribution < 1.29 is 13.5 Å². The molecule has 0 unspecified atom stereocenters. The van der Waals surface area contributed by atoms with Crippen molar-refractivity contribution >= 4 is 10.0 Å². The summed E-state index contributed by atoms with van der Waals surface area (Å²) in [4.78, 5) is 0.285. The van der Waals surface area contributed by atoms with E-state index in [0.29, 0.717) is 11.1 Å². The number of hydrogen-bond acceptors (Lipinski definition) is 3. The molecule has 1 aromatic carbocycles. The first-order valence-corrected chi connectivity index (χ1v) is 8.74. The van der Waals surface area contributed by atoms with Crippen molar-refractivity contribution in [3.05, 3.63) is 29.3 Å². The summed E-state index contributed by atoms with van der Waals surface area (Å²) < 4.78 is 27.9. The van der Waals surface area contributed by atoms with Crippen molar-refractivity contribution in [2.24, 2.45) is 0 Å². The molecule has 1 aromatic rings. The number of sulfonamides is 1. The monoisotopic (exact) mass is 297 g/mol. The minimum absolute atomic E-state index is 0.0414. The number of hydrogen-bond donors (Lipinski definition) is 2. The molecule has 0 atom stereocenters. The maximum Gasteiger partial charge on any atom is 0.241 e. The predicted octanol–water partition coefficient (Wildman–Crippen LogP) is 2.49. The second-order valence-corrected chi connectivity index (χ2v) is 7.25. The highest BCUT2D eigenvalue weighted by atomic mass is 32.2. The Labute approximate surface area is 121 Å². The molecule has 2 rings (SSSR count). The fraction of sp³-hybridized carbons (Fsp3) is 0.600. The van der Waals surface area contributed by atoms with Crippen LogP contribution in [0.25, 0.3) is 0 Å². The van der Waals surface area contributed by atoms with Crippen molar-refractivity contribution in [1.29, 1.82) is 0 Å². The molecular weight excluding hydrogens is 274 g/mol. The highest BCUT2D eigenvalue weighted by Crippen LogP contribution is 2.22. The number of nitrogens with one attached hydrogen (secondary N) is 1. The first-order chi connectivity index (χ1) is 9.53. The van der Waals surface area contributed by atoms with Gasteiger partial charge < -0.3 is 5.11 Å². The summed E-state index contributed by atoms with van der Waals surface area (Å²) in [7, 11) is -3.50. The summed E-state index contributed by atoms with van der Waals surface area (Å²) in [5, 5.41) is 9.16. The van der Waals surface area contributed by atoms with E-state index in [0.717, 1.165) is 25.7 Å². The van der Waals surface area contributed by atoms with Crippen molar-refractivity contribution in [1.82, 2.24) is 4.72 Å². The maximum absolute atomic E-state index is 12.5. The molecule has 0 amide bonds. The van der Waals surface area contributed by atoms with Gasteiger partial charge in [-0.05, 0) is 37.0 Å². The smallest absolute Gasteiger partial charge is 0.241 e. The topological polar surface area (TPSA) is 66.4 Å². The van der Waals surface area contributed by atoms with E-state index in [1.165, 1.54) is 12.8 Å². The van der Waals surface area contributed by atoms with Gasteiger partial charge in [0.25, 0.3) is 0 Å². The first-order valence-electron chi connectivity index (χ1n) is 7.25. The Kier molecular flexibility index (Phi) is 5.18. The molecule has 4 nitrogen and oxygen atoms in total.